The molecule has 0 unspecified atom stereocenters. The van der Waals surface area contributed by atoms with Gasteiger partial charge < -0.3 is 9.84 Å². The molecule has 0 heterocycles. The lowest BCUT2D eigenvalue weighted by molar-refractivity contribution is 0.103. The first-order valence-electron chi connectivity index (χ1n) is 8.27. The molecule has 0 bridgehead atoms. The molecule has 0 aromatic heterocycles. The van der Waals surface area contributed by atoms with E-state index in [1.165, 1.54) is 7.11 Å². The molecular weight excluding hydrogens is 312 g/mol. The average molecular weight is 330 g/mol. The SMILES string of the molecule is COc1ccc(CC2c3ccccc3C(=O)c3ccccc32)cc1O. The summed E-state index contributed by atoms with van der Waals surface area (Å²) in [7, 11) is 1.54. The summed E-state index contributed by atoms with van der Waals surface area (Å²) in [6.45, 7) is 0. The van der Waals surface area contributed by atoms with Gasteiger partial charge in [-0.2, -0.15) is 0 Å². The van der Waals surface area contributed by atoms with Gasteiger partial charge in [0.15, 0.2) is 17.3 Å². The van der Waals surface area contributed by atoms with Crippen LogP contribution in [-0.4, -0.2) is 18.0 Å². The second kappa shape index (κ2) is 6.10. The summed E-state index contributed by atoms with van der Waals surface area (Å²) in [6.07, 6.45) is 0.707. The molecule has 0 atom stereocenters. The number of phenols is 1. The Labute approximate surface area is 146 Å². The zero-order valence-electron chi connectivity index (χ0n) is 13.9. The molecule has 0 spiro atoms. The van der Waals surface area contributed by atoms with Gasteiger partial charge in [-0.1, -0.05) is 54.6 Å². The third kappa shape index (κ3) is 2.58. The van der Waals surface area contributed by atoms with Gasteiger partial charge in [-0.25, -0.2) is 0 Å². The molecule has 0 fully saturated rings. The lowest BCUT2D eigenvalue weighted by atomic mass is 9.75. The van der Waals surface area contributed by atoms with Crippen LogP contribution in [0.5, 0.6) is 11.5 Å². The van der Waals surface area contributed by atoms with Crippen molar-refractivity contribution in [2.24, 2.45) is 0 Å². The van der Waals surface area contributed by atoms with Crippen LogP contribution in [0.15, 0.2) is 66.7 Å². The highest BCUT2D eigenvalue weighted by molar-refractivity contribution is 6.12. The van der Waals surface area contributed by atoms with E-state index in [0.717, 1.165) is 27.8 Å². The number of phenolic OH excluding ortho intramolecular Hbond substituents is 1. The van der Waals surface area contributed by atoms with Crippen molar-refractivity contribution in [3.63, 3.8) is 0 Å². The summed E-state index contributed by atoms with van der Waals surface area (Å²) in [5.41, 5.74) is 4.62. The molecule has 0 saturated carbocycles. The molecule has 0 aliphatic heterocycles. The minimum Gasteiger partial charge on any atom is -0.504 e. The minimum atomic E-state index is 0.0814. The Kier molecular flexibility index (Phi) is 3.77. The molecular formula is C22H18O3. The molecule has 1 N–H and O–H groups in total. The first-order valence-corrected chi connectivity index (χ1v) is 8.27. The van der Waals surface area contributed by atoms with E-state index in [-0.39, 0.29) is 17.5 Å². The highest BCUT2D eigenvalue weighted by Gasteiger charge is 2.30. The second-order valence-electron chi connectivity index (χ2n) is 6.27. The van der Waals surface area contributed by atoms with Gasteiger partial charge in [0.1, 0.15) is 0 Å². The summed E-state index contributed by atoms with van der Waals surface area (Å²) in [6, 6.07) is 21.1. The molecule has 0 saturated heterocycles. The number of carbonyl (C=O) groups is 1. The van der Waals surface area contributed by atoms with E-state index in [4.69, 9.17) is 4.74 Å². The Bertz CT molecular complexity index is 909. The molecule has 124 valence electrons. The Morgan fingerprint density at radius 2 is 1.52 bits per heavy atom. The summed E-state index contributed by atoms with van der Waals surface area (Å²) in [5, 5.41) is 10.1. The fourth-order valence-electron chi connectivity index (χ4n) is 3.65. The number of hydrogen-bond donors (Lipinski definition) is 1. The first-order chi connectivity index (χ1) is 12.2. The molecule has 3 aromatic rings. The van der Waals surface area contributed by atoms with E-state index >= 15 is 0 Å². The number of aromatic hydroxyl groups is 1. The Hall–Kier alpha value is -3.07. The van der Waals surface area contributed by atoms with Crippen LogP contribution in [0.2, 0.25) is 0 Å². The van der Waals surface area contributed by atoms with Gasteiger partial charge >= 0.3 is 0 Å². The number of carbonyl (C=O) groups excluding carboxylic acids is 1. The first kappa shape index (κ1) is 15.5. The van der Waals surface area contributed by atoms with Crippen LogP contribution >= 0.6 is 0 Å². The Morgan fingerprint density at radius 3 is 2.08 bits per heavy atom. The summed E-state index contributed by atoms with van der Waals surface area (Å²) in [5.74, 6) is 0.759. The van der Waals surface area contributed by atoms with E-state index in [1.54, 1.807) is 12.1 Å². The smallest absolute Gasteiger partial charge is 0.193 e. The largest absolute Gasteiger partial charge is 0.504 e. The Morgan fingerprint density at radius 1 is 0.920 bits per heavy atom. The van der Waals surface area contributed by atoms with E-state index < -0.39 is 0 Å². The van der Waals surface area contributed by atoms with Gasteiger partial charge in [-0.05, 0) is 35.2 Å². The van der Waals surface area contributed by atoms with E-state index in [2.05, 4.69) is 0 Å². The average Bonchev–Trinajstić information content (AvgIpc) is 2.65. The van der Waals surface area contributed by atoms with Gasteiger partial charge in [-0.15, -0.1) is 0 Å². The van der Waals surface area contributed by atoms with Crippen molar-refractivity contribution in [1.29, 1.82) is 0 Å². The summed E-state index contributed by atoms with van der Waals surface area (Å²) < 4.78 is 5.12. The van der Waals surface area contributed by atoms with Crippen LogP contribution in [0, 0.1) is 0 Å². The fraction of sp³-hybridized carbons (Fsp3) is 0.136. The maximum absolute atomic E-state index is 12.8. The highest BCUT2D eigenvalue weighted by Crippen LogP contribution is 2.39. The van der Waals surface area contributed by atoms with E-state index in [9.17, 15) is 9.90 Å². The van der Waals surface area contributed by atoms with Crippen molar-refractivity contribution in [3.8, 4) is 11.5 Å². The van der Waals surface area contributed by atoms with Crippen LogP contribution in [-0.2, 0) is 6.42 Å². The van der Waals surface area contributed by atoms with Crippen molar-refractivity contribution >= 4 is 5.78 Å². The highest BCUT2D eigenvalue weighted by atomic mass is 16.5. The number of hydrogen-bond acceptors (Lipinski definition) is 3. The summed E-state index contributed by atoms with van der Waals surface area (Å²) >= 11 is 0. The molecule has 3 aromatic carbocycles. The third-order valence-corrected chi connectivity index (χ3v) is 4.84. The van der Waals surface area contributed by atoms with Gasteiger partial charge in [0.25, 0.3) is 0 Å². The van der Waals surface area contributed by atoms with Crippen LogP contribution in [0.25, 0.3) is 0 Å². The standard InChI is InChI=1S/C22H18O3/c1-25-21-11-10-14(13-20(21)23)12-19-15-6-2-4-8-17(15)22(24)18-9-5-3-7-16(18)19/h2-11,13,19,23H,12H2,1H3. The van der Waals surface area contributed by atoms with Crippen molar-refractivity contribution in [1.82, 2.24) is 0 Å². The molecule has 0 amide bonds. The zero-order chi connectivity index (χ0) is 17.4. The number of ketones is 1. The molecule has 1 aliphatic rings. The number of benzene rings is 3. The predicted octanol–water partition coefficient (Wildman–Crippen LogP) is 4.32. The minimum absolute atomic E-state index is 0.0814. The van der Waals surface area contributed by atoms with Crippen LogP contribution < -0.4 is 4.74 Å². The predicted molar refractivity (Wildman–Crippen MR) is 96.5 cm³/mol. The lowest BCUT2D eigenvalue weighted by Gasteiger charge is -2.27. The van der Waals surface area contributed by atoms with Crippen LogP contribution in [0.4, 0.5) is 0 Å². The molecule has 3 nitrogen and oxygen atoms in total. The van der Waals surface area contributed by atoms with Gasteiger partial charge in [0.05, 0.1) is 7.11 Å². The van der Waals surface area contributed by atoms with Crippen molar-refractivity contribution in [3.05, 3.63) is 94.5 Å². The molecule has 1 aliphatic carbocycles. The fourth-order valence-corrected chi connectivity index (χ4v) is 3.65. The monoisotopic (exact) mass is 330 g/mol. The number of ether oxygens (including phenoxy) is 1. The van der Waals surface area contributed by atoms with Crippen molar-refractivity contribution in [2.45, 2.75) is 12.3 Å². The maximum Gasteiger partial charge on any atom is 0.193 e. The third-order valence-electron chi connectivity index (χ3n) is 4.84. The summed E-state index contributed by atoms with van der Waals surface area (Å²) in [4.78, 5) is 12.8. The maximum atomic E-state index is 12.8. The Balaban J connectivity index is 1.81. The molecule has 3 heteroatoms. The normalized spacial score (nSPS) is 13.2. The van der Waals surface area contributed by atoms with Gasteiger partial charge in [0, 0.05) is 17.0 Å². The second-order valence-corrected chi connectivity index (χ2v) is 6.27. The number of rotatable bonds is 3. The van der Waals surface area contributed by atoms with Crippen molar-refractivity contribution < 1.29 is 14.6 Å². The zero-order valence-corrected chi connectivity index (χ0v) is 13.9. The van der Waals surface area contributed by atoms with Crippen molar-refractivity contribution in [2.75, 3.05) is 7.11 Å². The number of methoxy groups -OCH3 is 1. The molecule has 25 heavy (non-hydrogen) atoms. The van der Waals surface area contributed by atoms with Gasteiger partial charge in [0.2, 0.25) is 0 Å². The topological polar surface area (TPSA) is 46.5 Å². The number of fused-ring (bicyclic) bond motifs is 2. The van der Waals surface area contributed by atoms with Crippen LogP contribution in [0.1, 0.15) is 38.5 Å². The van der Waals surface area contributed by atoms with E-state index in [1.807, 2.05) is 54.6 Å². The quantitative estimate of drug-likeness (QED) is 0.778. The molecule has 4 rings (SSSR count). The van der Waals surface area contributed by atoms with Crippen LogP contribution in [0.3, 0.4) is 0 Å². The lowest BCUT2D eigenvalue weighted by Crippen LogP contribution is -2.20. The molecule has 0 radical (unpaired) electrons. The van der Waals surface area contributed by atoms with E-state index in [0.29, 0.717) is 12.2 Å². The van der Waals surface area contributed by atoms with Gasteiger partial charge in [-0.3, -0.25) is 4.79 Å².